The lowest BCUT2D eigenvalue weighted by atomic mass is 10.1. The minimum Gasteiger partial charge on any atom is -0.383 e. The van der Waals surface area contributed by atoms with Crippen LogP contribution in [-0.4, -0.2) is 26.3 Å². The lowest BCUT2D eigenvalue weighted by Crippen LogP contribution is -2.10. The highest BCUT2D eigenvalue weighted by molar-refractivity contribution is 6.35. The van der Waals surface area contributed by atoms with Crippen LogP contribution in [0.15, 0.2) is 24.4 Å². The molecule has 0 radical (unpaired) electrons. The molecule has 1 aromatic carbocycles. The molecule has 0 unspecified atom stereocenters. The van der Waals surface area contributed by atoms with Crippen LogP contribution >= 0.6 is 23.2 Å². The fourth-order valence-electron chi connectivity index (χ4n) is 2.16. The maximum atomic E-state index is 6.15. The van der Waals surface area contributed by atoms with Gasteiger partial charge >= 0.3 is 0 Å². The summed E-state index contributed by atoms with van der Waals surface area (Å²) in [6, 6.07) is 5.46. The molecule has 0 aliphatic rings. The second-order valence-corrected chi connectivity index (χ2v) is 5.69. The Morgan fingerprint density at radius 2 is 2.09 bits per heavy atom. The van der Waals surface area contributed by atoms with E-state index < -0.39 is 0 Å². The zero-order valence-corrected chi connectivity index (χ0v) is 13.4. The van der Waals surface area contributed by atoms with E-state index in [-0.39, 0.29) is 0 Å². The Morgan fingerprint density at radius 1 is 1.27 bits per heavy atom. The van der Waals surface area contributed by atoms with Crippen LogP contribution in [0.5, 0.6) is 0 Å². The highest BCUT2D eigenvalue weighted by Crippen LogP contribution is 2.22. The summed E-state index contributed by atoms with van der Waals surface area (Å²) in [5, 5.41) is 9.29. The van der Waals surface area contributed by atoms with Crippen molar-refractivity contribution in [3.8, 4) is 0 Å². The Bertz CT molecular complexity index is 830. The first-order valence-corrected chi connectivity index (χ1v) is 7.43. The van der Waals surface area contributed by atoms with Crippen molar-refractivity contribution >= 4 is 46.0 Å². The fraction of sp³-hybridized carbons (Fsp3) is 0.214. The van der Waals surface area contributed by atoms with Gasteiger partial charge in [-0.25, -0.2) is 0 Å². The molecule has 8 heteroatoms. The number of hydrogen-bond acceptors (Lipinski definition) is 5. The largest absolute Gasteiger partial charge is 0.383 e. The highest BCUT2D eigenvalue weighted by Gasteiger charge is 2.09. The summed E-state index contributed by atoms with van der Waals surface area (Å²) in [4.78, 5) is 8.64. The minimum atomic E-state index is 0.408. The summed E-state index contributed by atoms with van der Waals surface area (Å²) >= 11 is 12.0. The van der Waals surface area contributed by atoms with Crippen LogP contribution in [0, 0.1) is 0 Å². The number of nitrogens with zero attached hydrogens (tertiary/aromatic N) is 4. The molecular formula is C14H14Cl2N6. The molecular weight excluding hydrogens is 323 g/mol. The number of rotatable bonds is 4. The predicted molar refractivity (Wildman–Crippen MR) is 89.4 cm³/mol. The molecule has 0 aliphatic carbocycles. The van der Waals surface area contributed by atoms with Crippen LogP contribution in [0.3, 0.4) is 0 Å². The van der Waals surface area contributed by atoms with Gasteiger partial charge in [-0.2, -0.15) is 15.1 Å². The fourth-order valence-corrected chi connectivity index (χ4v) is 2.66. The lowest BCUT2D eigenvalue weighted by molar-refractivity contribution is 0.785. The first-order chi connectivity index (χ1) is 10.5. The molecule has 114 valence electrons. The number of hydrogen-bond donors (Lipinski definition) is 2. The van der Waals surface area contributed by atoms with Crippen LogP contribution in [0.2, 0.25) is 10.0 Å². The lowest BCUT2D eigenvalue weighted by Gasteiger charge is -2.08. The van der Waals surface area contributed by atoms with Crippen LogP contribution in [-0.2, 0) is 13.5 Å². The van der Waals surface area contributed by atoms with E-state index >= 15 is 0 Å². The number of nitrogen functional groups attached to an aromatic ring is 1. The Morgan fingerprint density at radius 3 is 2.86 bits per heavy atom. The maximum Gasteiger partial charge on any atom is 0.226 e. The first-order valence-electron chi connectivity index (χ1n) is 6.67. The quantitative estimate of drug-likeness (QED) is 0.765. The second-order valence-electron chi connectivity index (χ2n) is 4.85. The average molecular weight is 337 g/mol. The van der Waals surface area contributed by atoms with E-state index in [0.29, 0.717) is 34.0 Å². The van der Waals surface area contributed by atoms with E-state index in [1.165, 1.54) is 0 Å². The van der Waals surface area contributed by atoms with Crippen molar-refractivity contribution in [1.29, 1.82) is 0 Å². The number of aryl methyl sites for hydroxylation is 1. The zero-order valence-electron chi connectivity index (χ0n) is 11.8. The topological polar surface area (TPSA) is 81.7 Å². The van der Waals surface area contributed by atoms with Crippen molar-refractivity contribution in [1.82, 2.24) is 19.7 Å². The number of anilines is 2. The van der Waals surface area contributed by atoms with Crippen LogP contribution < -0.4 is 11.1 Å². The summed E-state index contributed by atoms with van der Waals surface area (Å²) in [6.07, 6.45) is 2.38. The molecule has 3 aromatic rings. The Hall–Kier alpha value is -2.05. The smallest absolute Gasteiger partial charge is 0.226 e. The van der Waals surface area contributed by atoms with Crippen molar-refractivity contribution < 1.29 is 0 Å². The van der Waals surface area contributed by atoms with Gasteiger partial charge in [0.25, 0.3) is 0 Å². The van der Waals surface area contributed by atoms with Crippen LogP contribution in [0.4, 0.5) is 11.8 Å². The third-order valence-corrected chi connectivity index (χ3v) is 3.90. The molecule has 0 spiro atoms. The van der Waals surface area contributed by atoms with Gasteiger partial charge in [-0.3, -0.25) is 4.68 Å². The normalized spacial score (nSPS) is 11.0. The molecule has 3 N–H and O–H groups in total. The summed E-state index contributed by atoms with van der Waals surface area (Å²) < 4.78 is 1.66. The molecule has 2 heterocycles. The van der Waals surface area contributed by atoms with E-state index in [4.69, 9.17) is 28.9 Å². The molecule has 2 aromatic heterocycles. The molecule has 0 fully saturated rings. The molecule has 0 saturated carbocycles. The van der Waals surface area contributed by atoms with Crippen molar-refractivity contribution in [3.63, 3.8) is 0 Å². The maximum absolute atomic E-state index is 6.15. The van der Waals surface area contributed by atoms with Crippen LogP contribution in [0.25, 0.3) is 11.0 Å². The van der Waals surface area contributed by atoms with Gasteiger partial charge in [0.2, 0.25) is 5.95 Å². The van der Waals surface area contributed by atoms with E-state index in [0.717, 1.165) is 17.4 Å². The summed E-state index contributed by atoms with van der Waals surface area (Å²) in [5.74, 6) is 0.879. The monoisotopic (exact) mass is 336 g/mol. The third kappa shape index (κ3) is 2.93. The van der Waals surface area contributed by atoms with Crippen molar-refractivity contribution in [2.75, 3.05) is 17.6 Å². The standard InChI is InChI=1S/C14H14Cl2N6/c1-22-13-10(7-19-22)12(17)20-14(21-13)18-5-4-8-2-3-9(15)6-11(8)16/h2-3,6-7H,4-5H2,1H3,(H3,17,18,20,21). The predicted octanol–water partition coefficient (Wildman–Crippen LogP) is 2.91. The Labute approximate surface area is 137 Å². The second kappa shape index (κ2) is 5.98. The molecule has 0 atom stereocenters. The van der Waals surface area contributed by atoms with Gasteiger partial charge in [0, 0.05) is 23.6 Å². The van der Waals surface area contributed by atoms with E-state index in [9.17, 15) is 0 Å². The van der Waals surface area contributed by atoms with Gasteiger partial charge in [0.05, 0.1) is 11.6 Å². The summed E-state index contributed by atoms with van der Waals surface area (Å²) in [6.45, 7) is 0.629. The van der Waals surface area contributed by atoms with E-state index in [1.807, 2.05) is 19.2 Å². The van der Waals surface area contributed by atoms with Gasteiger partial charge in [-0.05, 0) is 24.1 Å². The van der Waals surface area contributed by atoms with Gasteiger partial charge in [-0.1, -0.05) is 29.3 Å². The van der Waals surface area contributed by atoms with Gasteiger partial charge in [0.1, 0.15) is 5.82 Å². The number of benzene rings is 1. The Balaban J connectivity index is 1.72. The van der Waals surface area contributed by atoms with Gasteiger partial charge in [0.15, 0.2) is 5.65 Å². The molecule has 6 nitrogen and oxygen atoms in total. The highest BCUT2D eigenvalue weighted by atomic mass is 35.5. The average Bonchev–Trinajstić information content (AvgIpc) is 2.84. The van der Waals surface area contributed by atoms with Crippen molar-refractivity contribution in [2.45, 2.75) is 6.42 Å². The number of halogens is 2. The zero-order chi connectivity index (χ0) is 15.7. The van der Waals surface area contributed by atoms with Gasteiger partial charge < -0.3 is 11.1 Å². The third-order valence-electron chi connectivity index (χ3n) is 3.31. The van der Waals surface area contributed by atoms with E-state index in [1.54, 1.807) is 16.9 Å². The summed E-state index contributed by atoms with van der Waals surface area (Å²) in [5.41, 5.74) is 7.62. The SMILES string of the molecule is Cn1ncc2c(N)nc(NCCc3ccc(Cl)cc3Cl)nc21. The molecule has 0 amide bonds. The van der Waals surface area contributed by atoms with E-state index in [2.05, 4.69) is 20.4 Å². The van der Waals surface area contributed by atoms with Gasteiger partial charge in [-0.15, -0.1) is 0 Å². The molecule has 22 heavy (non-hydrogen) atoms. The molecule has 0 aliphatic heterocycles. The van der Waals surface area contributed by atoms with Crippen molar-refractivity contribution in [3.05, 3.63) is 40.0 Å². The molecule has 3 rings (SSSR count). The summed E-state index contributed by atoms with van der Waals surface area (Å²) in [7, 11) is 1.81. The van der Waals surface area contributed by atoms with Crippen molar-refractivity contribution in [2.24, 2.45) is 7.05 Å². The minimum absolute atomic E-state index is 0.408. The number of aromatic nitrogens is 4. The first kappa shape index (κ1) is 14.9. The molecule has 0 bridgehead atoms. The van der Waals surface area contributed by atoms with Crippen LogP contribution in [0.1, 0.15) is 5.56 Å². The number of nitrogens with one attached hydrogen (secondary N) is 1. The number of nitrogens with two attached hydrogens (primary N) is 1. The number of fused-ring (bicyclic) bond motifs is 1. The Kier molecular flexibility index (Phi) is 4.04. The molecule has 0 saturated heterocycles.